The Kier molecular flexibility index (Phi) is 3.22. The minimum Gasteiger partial charge on any atom is -0.390 e. The van der Waals surface area contributed by atoms with Gasteiger partial charge in [0.05, 0.1) is 18.7 Å². The zero-order valence-corrected chi connectivity index (χ0v) is 9.23. The summed E-state index contributed by atoms with van der Waals surface area (Å²) in [5, 5.41) is 15.5. The maximum absolute atomic E-state index is 11.5. The minimum atomic E-state index is -0.516. The van der Waals surface area contributed by atoms with Crippen LogP contribution >= 0.6 is 0 Å². The van der Waals surface area contributed by atoms with Crippen LogP contribution in [0.1, 0.15) is 17.2 Å². The van der Waals surface area contributed by atoms with Crippen LogP contribution in [0.15, 0.2) is 24.3 Å². The summed E-state index contributed by atoms with van der Waals surface area (Å²) in [6, 6.07) is 7.55. The molecule has 0 saturated carbocycles. The predicted molar refractivity (Wildman–Crippen MR) is 61.0 cm³/mol. The highest BCUT2D eigenvalue weighted by Crippen LogP contribution is 2.30. The largest absolute Gasteiger partial charge is 0.390 e. The van der Waals surface area contributed by atoms with E-state index < -0.39 is 6.10 Å². The highest BCUT2D eigenvalue weighted by atomic mass is 16.3. The van der Waals surface area contributed by atoms with E-state index in [2.05, 4.69) is 10.6 Å². The van der Waals surface area contributed by atoms with Gasteiger partial charge in [0.25, 0.3) is 0 Å². The molecule has 2 rings (SSSR count). The first-order valence-electron chi connectivity index (χ1n) is 5.42. The van der Waals surface area contributed by atoms with Crippen LogP contribution in [0, 0.1) is 0 Å². The number of hydrogen-bond acceptors (Lipinski definition) is 3. The molecule has 4 heteroatoms. The van der Waals surface area contributed by atoms with Gasteiger partial charge in [0.2, 0.25) is 5.91 Å². The Hall–Kier alpha value is -1.39. The number of carbonyl (C=O) groups excluding carboxylic acids is 1. The average molecular weight is 220 g/mol. The lowest BCUT2D eigenvalue weighted by Gasteiger charge is -2.17. The monoisotopic (exact) mass is 220 g/mol. The Morgan fingerprint density at radius 2 is 2.25 bits per heavy atom. The molecule has 0 bridgehead atoms. The second-order valence-electron chi connectivity index (χ2n) is 4.05. The molecule has 4 nitrogen and oxygen atoms in total. The molecular formula is C12H16N2O2. The summed E-state index contributed by atoms with van der Waals surface area (Å²) < 4.78 is 0. The van der Waals surface area contributed by atoms with Gasteiger partial charge >= 0.3 is 0 Å². The zero-order valence-electron chi connectivity index (χ0n) is 9.23. The maximum atomic E-state index is 11.5. The van der Waals surface area contributed by atoms with E-state index in [0.29, 0.717) is 6.42 Å². The zero-order chi connectivity index (χ0) is 11.5. The highest BCUT2D eigenvalue weighted by molar-refractivity contribution is 5.78. The normalized spacial score (nSPS) is 22.9. The molecule has 1 amide bonds. The van der Waals surface area contributed by atoms with Crippen LogP contribution in [0.3, 0.4) is 0 Å². The van der Waals surface area contributed by atoms with Crippen molar-refractivity contribution in [2.75, 3.05) is 13.6 Å². The number of benzene rings is 1. The topological polar surface area (TPSA) is 61.4 Å². The second kappa shape index (κ2) is 4.63. The molecule has 0 radical (unpaired) electrons. The number of aliphatic hydroxyl groups excluding tert-OH is 1. The molecule has 16 heavy (non-hydrogen) atoms. The number of hydrogen-bond donors (Lipinski definition) is 3. The van der Waals surface area contributed by atoms with Crippen molar-refractivity contribution in [3.05, 3.63) is 35.4 Å². The van der Waals surface area contributed by atoms with E-state index in [4.69, 9.17) is 0 Å². The van der Waals surface area contributed by atoms with Crippen molar-refractivity contribution in [3.8, 4) is 0 Å². The molecule has 1 aromatic rings. The molecule has 0 spiro atoms. The van der Waals surface area contributed by atoms with Crippen molar-refractivity contribution < 1.29 is 9.90 Å². The van der Waals surface area contributed by atoms with Crippen LogP contribution in [0.25, 0.3) is 0 Å². The summed E-state index contributed by atoms with van der Waals surface area (Å²) in [4.78, 5) is 11.5. The molecule has 0 saturated heterocycles. The SMILES string of the molecule is CNCC(=O)N[C@H]1c2ccccc2C[C@H]1O. The maximum Gasteiger partial charge on any atom is 0.234 e. The summed E-state index contributed by atoms with van der Waals surface area (Å²) in [6.45, 7) is 0.269. The molecule has 1 aliphatic carbocycles. The molecule has 0 heterocycles. The lowest BCUT2D eigenvalue weighted by molar-refractivity contribution is -0.121. The van der Waals surface area contributed by atoms with E-state index in [1.54, 1.807) is 7.05 Å². The summed E-state index contributed by atoms with van der Waals surface area (Å²) in [7, 11) is 1.72. The van der Waals surface area contributed by atoms with Crippen LogP contribution in [0.4, 0.5) is 0 Å². The third kappa shape index (κ3) is 2.08. The summed E-state index contributed by atoms with van der Waals surface area (Å²) in [6.07, 6.45) is 0.0962. The second-order valence-corrected chi connectivity index (χ2v) is 4.05. The molecule has 2 atom stereocenters. The van der Waals surface area contributed by atoms with Gasteiger partial charge in [-0.25, -0.2) is 0 Å². The Bertz CT molecular complexity index is 392. The third-order valence-corrected chi connectivity index (χ3v) is 2.86. The van der Waals surface area contributed by atoms with Gasteiger partial charge in [0.15, 0.2) is 0 Å². The van der Waals surface area contributed by atoms with Crippen molar-refractivity contribution in [2.24, 2.45) is 0 Å². The molecule has 0 unspecified atom stereocenters. The predicted octanol–water partition coefficient (Wildman–Crippen LogP) is -0.0197. The van der Waals surface area contributed by atoms with Gasteiger partial charge in [0.1, 0.15) is 0 Å². The molecule has 0 aromatic heterocycles. The minimum absolute atomic E-state index is 0.0942. The van der Waals surface area contributed by atoms with Gasteiger partial charge < -0.3 is 15.7 Å². The van der Waals surface area contributed by atoms with E-state index in [9.17, 15) is 9.90 Å². The Labute approximate surface area is 94.7 Å². The average Bonchev–Trinajstić information content (AvgIpc) is 2.56. The van der Waals surface area contributed by atoms with Crippen molar-refractivity contribution >= 4 is 5.91 Å². The standard InChI is InChI=1S/C12H16N2O2/c1-13-7-11(16)14-12-9-5-3-2-4-8(9)6-10(12)15/h2-5,10,12-13,15H,6-7H2,1H3,(H,14,16)/t10-,12+/m1/s1. The number of aliphatic hydroxyl groups is 1. The van der Waals surface area contributed by atoms with E-state index >= 15 is 0 Å². The van der Waals surface area contributed by atoms with Crippen LogP contribution in [-0.4, -0.2) is 30.7 Å². The molecule has 1 aliphatic rings. The lowest BCUT2D eigenvalue weighted by atomic mass is 10.1. The first kappa shape index (κ1) is 11.1. The number of likely N-dealkylation sites (N-methyl/N-ethyl adjacent to an activating group) is 1. The van der Waals surface area contributed by atoms with Gasteiger partial charge in [-0.1, -0.05) is 24.3 Å². The fourth-order valence-electron chi connectivity index (χ4n) is 2.13. The molecular weight excluding hydrogens is 204 g/mol. The summed E-state index contributed by atoms with van der Waals surface area (Å²) >= 11 is 0. The van der Waals surface area contributed by atoms with Crippen LogP contribution in [-0.2, 0) is 11.2 Å². The number of fused-ring (bicyclic) bond motifs is 1. The van der Waals surface area contributed by atoms with Gasteiger partial charge in [-0.15, -0.1) is 0 Å². The van der Waals surface area contributed by atoms with Gasteiger partial charge in [-0.05, 0) is 18.2 Å². The van der Waals surface area contributed by atoms with E-state index in [-0.39, 0.29) is 18.5 Å². The fourth-order valence-corrected chi connectivity index (χ4v) is 2.13. The van der Waals surface area contributed by atoms with Crippen LogP contribution in [0.2, 0.25) is 0 Å². The quantitative estimate of drug-likeness (QED) is 0.671. The first-order chi connectivity index (χ1) is 7.72. The first-order valence-corrected chi connectivity index (χ1v) is 5.42. The van der Waals surface area contributed by atoms with Gasteiger partial charge in [-0.2, -0.15) is 0 Å². The van der Waals surface area contributed by atoms with Crippen molar-refractivity contribution in [1.82, 2.24) is 10.6 Å². The fraction of sp³-hybridized carbons (Fsp3) is 0.417. The third-order valence-electron chi connectivity index (χ3n) is 2.86. The number of carbonyl (C=O) groups is 1. The van der Waals surface area contributed by atoms with Crippen molar-refractivity contribution in [3.63, 3.8) is 0 Å². The van der Waals surface area contributed by atoms with Crippen molar-refractivity contribution in [1.29, 1.82) is 0 Å². The molecule has 3 N–H and O–H groups in total. The van der Waals surface area contributed by atoms with Crippen LogP contribution < -0.4 is 10.6 Å². The molecule has 86 valence electrons. The molecule has 1 aromatic carbocycles. The summed E-state index contributed by atoms with van der Waals surface area (Å²) in [5.74, 6) is -0.0942. The van der Waals surface area contributed by atoms with Crippen LogP contribution in [0.5, 0.6) is 0 Å². The Morgan fingerprint density at radius 3 is 3.00 bits per heavy atom. The van der Waals surface area contributed by atoms with Gasteiger partial charge in [0, 0.05) is 6.42 Å². The number of rotatable bonds is 3. The Morgan fingerprint density at radius 1 is 1.50 bits per heavy atom. The van der Waals surface area contributed by atoms with Crippen molar-refractivity contribution in [2.45, 2.75) is 18.6 Å². The molecule has 0 fully saturated rings. The lowest BCUT2D eigenvalue weighted by Crippen LogP contribution is -2.38. The highest BCUT2D eigenvalue weighted by Gasteiger charge is 2.31. The van der Waals surface area contributed by atoms with E-state index in [1.165, 1.54) is 0 Å². The number of amides is 1. The van der Waals surface area contributed by atoms with E-state index in [0.717, 1.165) is 11.1 Å². The summed E-state index contributed by atoms with van der Waals surface area (Å²) in [5.41, 5.74) is 2.14. The van der Waals surface area contributed by atoms with E-state index in [1.807, 2.05) is 24.3 Å². The molecule has 0 aliphatic heterocycles. The van der Waals surface area contributed by atoms with Gasteiger partial charge in [-0.3, -0.25) is 4.79 Å². The smallest absolute Gasteiger partial charge is 0.234 e. The number of nitrogens with one attached hydrogen (secondary N) is 2. The Balaban J connectivity index is 2.13.